The zero-order valence-electron chi connectivity index (χ0n) is 21.5. The average molecular weight is 451 g/mol. The van der Waals surface area contributed by atoms with E-state index < -0.39 is 5.41 Å². The second-order valence-corrected chi connectivity index (χ2v) is 9.91. The highest BCUT2D eigenvalue weighted by Gasteiger charge is 2.22. The van der Waals surface area contributed by atoms with E-state index in [2.05, 4.69) is 13.5 Å². The molecule has 4 heteroatoms. The van der Waals surface area contributed by atoms with Crippen molar-refractivity contribution < 1.29 is 19.1 Å². The van der Waals surface area contributed by atoms with E-state index in [1.807, 2.05) is 0 Å². The molecule has 0 heterocycles. The SMILES string of the molecule is C=CC/C(=C\OC(=O)C(C)(C)C)OC(=O)CCCCCCCCCCCCCCCCC. The number of unbranched alkanes of at least 4 members (excludes halogenated alkanes) is 14. The summed E-state index contributed by atoms with van der Waals surface area (Å²) in [6, 6.07) is 0. The monoisotopic (exact) mass is 450 g/mol. The van der Waals surface area contributed by atoms with Crippen LogP contribution in [-0.2, 0) is 19.1 Å². The molecule has 32 heavy (non-hydrogen) atoms. The van der Waals surface area contributed by atoms with Gasteiger partial charge in [0.05, 0.1) is 5.41 Å². The lowest BCUT2D eigenvalue weighted by Gasteiger charge is -2.15. The summed E-state index contributed by atoms with van der Waals surface area (Å²) in [6.45, 7) is 11.3. The third-order valence-electron chi connectivity index (χ3n) is 5.48. The van der Waals surface area contributed by atoms with Crippen LogP contribution in [0.25, 0.3) is 0 Å². The molecule has 0 radical (unpaired) electrons. The molecule has 0 unspecified atom stereocenters. The van der Waals surface area contributed by atoms with Crippen molar-refractivity contribution in [2.24, 2.45) is 5.41 Å². The molecule has 0 atom stereocenters. The molecule has 0 spiro atoms. The van der Waals surface area contributed by atoms with Crippen LogP contribution in [0.5, 0.6) is 0 Å². The van der Waals surface area contributed by atoms with Crippen molar-refractivity contribution in [3.63, 3.8) is 0 Å². The fourth-order valence-corrected chi connectivity index (χ4v) is 3.39. The molecule has 0 aromatic rings. The maximum Gasteiger partial charge on any atom is 0.316 e. The zero-order chi connectivity index (χ0) is 24.1. The number of carbonyl (C=O) groups excluding carboxylic acids is 2. The Hall–Kier alpha value is -1.58. The number of carbonyl (C=O) groups is 2. The van der Waals surface area contributed by atoms with Crippen LogP contribution < -0.4 is 0 Å². The average Bonchev–Trinajstić information content (AvgIpc) is 2.74. The largest absolute Gasteiger partial charge is 0.430 e. The maximum atomic E-state index is 12.1. The minimum atomic E-state index is -0.603. The summed E-state index contributed by atoms with van der Waals surface area (Å²) in [5, 5.41) is 0. The molecule has 0 aromatic carbocycles. The van der Waals surface area contributed by atoms with E-state index in [-0.39, 0.29) is 11.9 Å². The molecule has 4 nitrogen and oxygen atoms in total. The van der Waals surface area contributed by atoms with Crippen LogP contribution in [0, 0.1) is 5.41 Å². The Labute approximate surface area is 198 Å². The molecule has 0 rings (SSSR count). The fraction of sp³-hybridized carbons (Fsp3) is 0.786. The van der Waals surface area contributed by atoms with Gasteiger partial charge in [0.2, 0.25) is 0 Å². The van der Waals surface area contributed by atoms with Crippen molar-refractivity contribution in [1.29, 1.82) is 0 Å². The van der Waals surface area contributed by atoms with Crippen molar-refractivity contribution >= 4 is 11.9 Å². The second kappa shape index (κ2) is 20.1. The molecule has 0 aromatic heterocycles. The molecule has 0 fully saturated rings. The van der Waals surface area contributed by atoms with Gasteiger partial charge in [-0.2, -0.15) is 0 Å². The molecule has 0 saturated carbocycles. The first kappa shape index (κ1) is 30.4. The minimum absolute atomic E-state index is 0.278. The Kier molecular flexibility index (Phi) is 19.1. The Morgan fingerprint density at radius 2 is 1.19 bits per heavy atom. The quantitative estimate of drug-likeness (QED) is 0.0804. The molecule has 0 bridgehead atoms. The van der Waals surface area contributed by atoms with Gasteiger partial charge in [-0.15, -0.1) is 6.58 Å². The van der Waals surface area contributed by atoms with Gasteiger partial charge in [0, 0.05) is 12.8 Å². The van der Waals surface area contributed by atoms with Gasteiger partial charge in [-0.3, -0.25) is 9.59 Å². The van der Waals surface area contributed by atoms with E-state index in [1.54, 1.807) is 26.8 Å². The molecule has 0 saturated heterocycles. The van der Waals surface area contributed by atoms with Crippen LogP contribution in [0.15, 0.2) is 24.7 Å². The van der Waals surface area contributed by atoms with Crippen molar-refractivity contribution in [2.45, 2.75) is 137 Å². The van der Waals surface area contributed by atoms with Crippen molar-refractivity contribution in [3.05, 3.63) is 24.7 Å². The van der Waals surface area contributed by atoms with Crippen molar-refractivity contribution in [3.8, 4) is 0 Å². The smallest absolute Gasteiger partial charge is 0.316 e. The van der Waals surface area contributed by atoms with Crippen LogP contribution in [-0.4, -0.2) is 11.9 Å². The molecule has 186 valence electrons. The van der Waals surface area contributed by atoms with Crippen LogP contribution in [0.2, 0.25) is 0 Å². The number of hydrogen-bond donors (Lipinski definition) is 0. The standard InChI is InChI=1S/C28H50O4/c1-6-8-9-10-11-12-13-14-15-16-17-18-19-20-21-23-26(29)32-25(22-7-2)24-31-27(30)28(3,4)5/h7,24H,2,6,8-23H2,1,3-5H3/b25-24+. The first-order chi connectivity index (χ1) is 15.3. The number of allylic oxidation sites excluding steroid dienone is 1. The van der Waals surface area contributed by atoms with Crippen molar-refractivity contribution in [1.82, 2.24) is 0 Å². The topological polar surface area (TPSA) is 52.6 Å². The normalized spacial score (nSPS) is 11.9. The van der Waals surface area contributed by atoms with E-state index in [4.69, 9.17) is 9.47 Å². The van der Waals surface area contributed by atoms with Crippen LogP contribution in [0.1, 0.15) is 137 Å². The molecule has 0 N–H and O–H groups in total. The van der Waals surface area contributed by atoms with Gasteiger partial charge in [-0.05, 0) is 27.2 Å². The van der Waals surface area contributed by atoms with E-state index >= 15 is 0 Å². The van der Waals surface area contributed by atoms with Crippen LogP contribution >= 0.6 is 0 Å². The molecule has 0 amide bonds. The summed E-state index contributed by atoms with van der Waals surface area (Å²) in [5.74, 6) is -0.319. The first-order valence-corrected chi connectivity index (χ1v) is 13.0. The number of hydrogen-bond acceptors (Lipinski definition) is 4. The molecule has 0 aliphatic carbocycles. The summed E-state index contributed by atoms with van der Waals surface area (Å²) in [4.78, 5) is 23.9. The number of ether oxygens (including phenoxy) is 2. The maximum absolute atomic E-state index is 12.1. The lowest BCUT2D eigenvalue weighted by Crippen LogP contribution is -2.21. The predicted octanol–water partition coefficient (Wildman–Crippen LogP) is 8.80. The fourth-order valence-electron chi connectivity index (χ4n) is 3.39. The third-order valence-corrected chi connectivity index (χ3v) is 5.48. The first-order valence-electron chi connectivity index (χ1n) is 13.0. The van der Waals surface area contributed by atoms with Gasteiger partial charge in [0.1, 0.15) is 12.0 Å². The van der Waals surface area contributed by atoms with E-state index in [0.717, 1.165) is 12.8 Å². The van der Waals surface area contributed by atoms with Crippen molar-refractivity contribution in [2.75, 3.05) is 0 Å². The summed E-state index contributed by atoms with van der Waals surface area (Å²) >= 11 is 0. The highest BCUT2D eigenvalue weighted by molar-refractivity contribution is 5.76. The van der Waals surface area contributed by atoms with Gasteiger partial charge < -0.3 is 9.47 Å². The van der Waals surface area contributed by atoms with Gasteiger partial charge in [0.15, 0.2) is 0 Å². The Morgan fingerprint density at radius 1 is 0.750 bits per heavy atom. The number of rotatable bonds is 20. The lowest BCUT2D eigenvalue weighted by atomic mass is 9.97. The van der Waals surface area contributed by atoms with Crippen LogP contribution in [0.4, 0.5) is 0 Å². The molecular weight excluding hydrogens is 400 g/mol. The number of esters is 2. The predicted molar refractivity (Wildman–Crippen MR) is 134 cm³/mol. The summed E-state index contributed by atoms with van der Waals surface area (Å²) in [5.41, 5.74) is -0.603. The summed E-state index contributed by atoms with van der Waals surface area (Å²) in [6.07, 6.45) is 23.0. The minimum Gasteiger partial charge on any atom is -0.430 e. The van der Waals surface area contributed by atoms with Gasteiger partial charge in [0.25, 0.3) is 0 Å². The molecule has 0 aliphatic rings. The highest BCUT2D eigenvalue weighted by atomic mass is 16.6. The third kappa shape index (κ3) is 19.1. The Morgan fingerprint density at radius 3 is 1.59 bits per heavy atom. The van der Waals surface area contributed by atoms with Gasteiger partial charge >= 0.3 is 11.9 Å². The summed E-state index contributed by atoms with van der Waals surface area (Å²) < 4.78 is 10.5. The van der Waals surface area contributed by atoms with E-state index in [1.165, 1.54) is 89.7 Å². The molecular formula is C28H50O4. The second-order valence-electron chi connectivity index (χ2n) is 9.91. The summed E-state index contributed by atoms with van der Waals surface area (Å²) in [7, 11) is 0. The highest BCUT2D eigenvalue weighted by Crippen LogP contribution is 2.17. The zero-order valence-corrected chi connectivity index (χ0v) is 21.5. The van der Waals surface area contributed by atoms with Gasteiger partial charge in [-0.1, -0.05) is 103 Å². The Bertz CT molecular complexity index is 528. The lowest BCUT2D eigenvalue weighted by molar-refractivity contribution is -0.148. The van der Waals surface area contributed by atoms with E-state index in [9.17, 15) is 9.59 Å². The Balaban J connectivity index is 3.70. The van der Waals surface area contributed by atoms with Gasteiger partial charge in [-0.25, -0.2) is 0 Å². The van der Waals surface area contributed by atoms with E-state index in [0.29, 0.717) is 18.6 Å². The van der Waals surface area contributed by atoms with Crippen LogP contribution in [0.3, 0.4) is 0 Å². The molecule has 0 aliphatic heterocycles.